The van der Waals surface area contributed by atoms with Crippen LogP contribution in [0, 0.1) is 0 Å². The van der Waals surface area contributed by atoms with Gasteiger partial charge in [0, 0.05) is 11.1 Å². The van der Waals surface area contributed by atoms with Crippen LogP contribution in [0.3, 0.4) is 0 Å². The van der Waals surface area contributed by atoms with Crippen molar-refractivity contribution in [2.45, 2.75) is 13.1 Å². The molecule has 83 valence electrons. The topological polar surface area (TPSA) is 17.1 Å². The van der Waals surface area contributed by atoms with Crippen LogP contribution in [0.25, 0.3) is 0 Å². The first kappa shape index (κ1) is 11.7. The van der Waals surface area contributed by atoms with Gasteiger partial charge in [0.15, 0.2) is 5.78 Å². The molecule has 0 aliphatic heterocycles. The monoisotopic (exact) mass is 221 g/mol. The second-order valence-electron chi connectivity index (χ2n) is 4.00. The smallest absolute Gasteiger partial charge is 0.193 e. The lowest BCUT2D eigenvalue weighted by atomic mass is 9.75. The highest BCUT2D eigenvalue weighted by molar-refractivity contribution is 6.32. The third-order valence-corrected chi connectivity index (χ3v) is 2.69. The molecule has 0 aliphatic carbocycles. The van der Waals surface area contributed by atoms with E-state index < -0.39 is 0 Å². The van der Waals surface area contributed by atoms with Crippen molar-refractivity contribution in [1.82, 2.24) is 0 Å². The molecule has 0 fully saturated rings. The van der Waals surface area contributed by atoms with Crippen molar-refractivity contribution in [3.63, 3.8) is 0 Å². The first-order chi connectivity index (χ1) is 8.31. The zero-order valence-corrected chi connectivity index (χ0v) is 9.89. The maximum atomic E-state index is 12.1. The third kappa shape index (κ3) is 2.85. The summed E-state index contributed by atoms with van der Waals surface area (Å²) in [5.41, 5.74) is 2.72. The van der Waals surface area contributed by atoms with Crippen molar-refractivity contribution in [2.75, 3.05) is 0 Å². The van der Waals surface area contributed by atoms with Crippen molar-refractivity contribution in [3.05, 3.63) is 71.3 Å². The summed E-state index contributed by atoms with van der Waals surface area (Å²) in [6.07, 6.45) is 0.944. The summed E-state index contributed by atoms with van der Waals surface area (Å²) in [6.45, 7) is 2.03. The number of hydrogen-bond donors (Lipinski definition) is 0. The molecule has 1 nitrogen and oxygen atoms in total. The Kier molecular flexibility index (Phi) is 3.76. The van der Waals surface area contributed by atoms with Gasteiger partial charge in [-0.15, -0.1) is 0 Å². The summed E-state index contributed by atoms with van der Waals surface area (Å²) < 4.78 is 0. The summed E-state index contributed by atoms with van der Waals surface area (Å²) in [5, 5.41) is 0. The van der Waals surface area contributed by atoms with E-state index >= 15 is 0 Å². The van der Waals surface area contributed by atoms with Crippen LogP contribution in [0.1, 0.15) is 21.5 Å². The molecule has 1 radical (unpaired) electrons. The van der Waals surface area contributed by atoms with Gasteiger partial charge in [-0.1, -0.05) is 73.3 Å². The van der Waals surface area contributed by atoms with Crippen molar-refractivity contribution in [3.8, 4) is 0 Å². The number of rotatable bonds is 4. The van der Waals surface area contributed by atoms with Crippen molar-refractivity contribution >= 4 is 13.1 Å². The van der Waals surface area contributed by atoms with Crippen LogP contribution >= 0.6 is 0 Å². The average Bonchev–Trinajstić information content (AvgIpc) is 2.40. The van der Waals surface area contributed by atoms with Crippen LogP contribution in [0.5, 0.6) is 0 Å². The maximum Gasteiger partial charge on any atom is 0.193 e. The lowest BCUT2D eigenvalue weighted by Crippen LogP contribution is -2.01. The van der Waals surface area contributed by atoms with Crippen LogP contribution in [-0.2, 0) is 6.32 Å². The van der Waals surface area contributed by atoms with Crippen molar-refractivity contribution in [1.29, 1.82) is 0 Å². The first-order valence-corrected chi connectivity index (χ1v) is 5.78. The molecule has 2 rings (SSSR count). The Morgan fingerprint density at radius 1 is 0.941 bits per heavy atom. The van der Waals surface area contributed by atoms with Crippen LogP contribution in [0.15, 0.2) is 54.6 Å². The van der Waals surface area contributed by atoms with Gasteiger partial charge in [-0.2, -0.15) is 0 Å². The SMILES string of the molecule is C[B]Cc1ccc(C(=O)c2ccccc2)cc1. The van der Waals surface area contributed by atoms with Gasteiger partial charge in [-0.3, -0.25) is 4.79 Å². The molecule has 0 saturated carbocycles. The zero-order chi connectivity index (χ0) is 12.1. The molecular formula is C15H14BO. The molecule has 0 saturated heterocycles. The summed E-state index contributed by atoms with van der Waals surface area (Å²) >= 11 is 0. The van der Waals surface area contributed by atoms with Crippen LogP contribution in [0.2, 0.25) is 6.82 Å². The second-order valence-corrected chi connectivity index (χ2v) is 4.00. The fourth-order valence-corrected chi connectivity index (χ4v) is 1.78. The predicted molar refractivity (Wildman–Crippen MR) is 71.6 cm³/mol. The Labute approximate surface area is 103 Å². The molecule has 0 spiro atoms. The number of carbonyl (C=O) groups excluding carboxylic acids is 1. The third-order valence-electron chi connectivity index (χ3n) is 2.69. The molecule has 17 heavy (non-hydrogen) atoms. The molecule has 0 amide bonds. The van der Waals surface area contributed by atoms with E-state index in [0.29, 0.717) is 0 Å². The lowest BCUT2D eigenvalue weighted by Gasteiger charge is -2.02. The molecular weight excluding hydrogens is 207 g/mol. The van der Waals surface area contributed by atoms with E-state index in [9.17, 15) is 4.79 Å². The van der Waals surface area contributed by atoms with Gasteiger partial charge < -0.3 is 0 Å². The molecule has 0 atom stereocenters. The van der Waals surface area contributed by atoms with Gasteiger partial charge in [0.05, 0.1) is 0 Å². The minimum Gasteiger partial charge on any atom is -0.289 e. The Balaban J connectivity index is 2.20. The second kappa shape index (κ2) is 5.49. The normalized spacial score (nSPS) is 9.94. The van der Waals surface area contributed by atoms with E-state index in [2.05, 4.69) is 7.28 Å². The molecule has 2 aromatic rings. The molecule has 0 N–H and O–H groups in total. The molecule has 0 aliphatic rings. The maximum absolute atomic E-state index is 12.1. The van der Waals surface area contributed by atoms with Gasteiger partial charge in [0.2, 0.25) is 0 Å². The van der Waals surface area contributed by atoms with E-state index in [1.54, 1.807) is 0 Å². The molecule has 0 unspecified atom stereocenters. The van der Waals surface area contributed by atoms with Crippen LogP contribution in [0.4, 0.5) is 0 Å². The highest BCUT2D eigenvalue weighted by Gasteiger charge is 2.07. The number of hydrogen-bond acceptors (Lipinski definition) is 1. The zero-order valence-electron chi connectivity index (χ0n) is 9.89. The summed E-state index contributed by atoms with van der Waals surface area (Å²) in [5.74, 6) is 0.0811. The summed E-state index contributed by atoms with van der Waals surface area (Å²) in [6, 6.07) is 17.2. The Hall–Kier alpha value is -1.83. The predicted octanol–water partition coefficient (Wildman–Crippen LogP) is 3.17. The van der Waals surface area contributed by atoms with Gasteiger partial charge in [0.1, 0.15) is 7.28 Å². The van der Waals surface area contributed by atoms with E-state index in [-0.39, 0.29) is 5.78 Å². The standard InChI is InChI=1S/C15H14BO/c1-16-11-12-7-9-14(10-8-12)15(17)13-5-3-2-4-6-13/h2-10H,11H2,1H3. The lowest BCUT2D eigenvalue weighted by molar-refractivity contribution is 0.103. The van der Waals surface area contributed by atoms with Gasteiger partial charge in [0.25, 0.3) is 0 Å². The number of carbonyl (C=O) groups is 1. The molecule has 2 heteroatoms. The van der Waals surface area contributed by atoms with E-state index in [1.165, 1.54) is 5.56 Å². The van der Waals surface area contributed by atoms with E-state index in [1.807, 2.05) is 61.4 Å². The van der Waals surface area contributed by atoms with Crippen LogP contribution in [-0.4, -0.2) is 13.1 Å². The Bertz CT molecular complexity index is 488. The highest BCUT2D eigenvalue weighted by Crippen LogP contribution is 2.11. The minimum atomic E-state index is 0.0811. The van der Waals surface area contributed by atoms with Gasteiger partial charge >= 0.3 is 0 Å². The molecule has 0 heterocycles. The van der Waals surface area contributed by atoms with Crippen molar-refractivity contribution in [2.24, 2.45) is 0 Å². The fourth-order valence-electron chi connectivity index (χ4n) is 1.78. The summed E-state index contributed by atoms with van der Waals surface area (Å²) in [4.78, 5) is 12.1. The molecule has 0 bridgehead atoms. The van der Waals surface area contributed by atoms with E-state index in [4.69, 9.17) is 0 Å². The minimum absolute atomic E-state index is 0.0811. The number of ketones is 1. The van der Waals surface area contributed by atoms with Gasteiger partial charge in [-0.05, 0) is 0 Å². The molecule has 2 aromatic carbocycles. The van der Waals surface area contributed by atoms with Crippen LogP contribution < -0.4 is 0 Å². The highest BCUT2D eigenvalue weighted by atomic mass is 16.1. The largest absolute Gasteiger partial charge is 0.289 e. The van der Waals surface area contributed by atoms with Gasteiger partial charge in [-0.25, -0.2) is 0 Å². The number of benzene rings is 2. The first-order valence-electron chi connectivity index (χ1n) is 5.78. The Morgan fingerprint density at radius 2 is 1.53 bits per heavy atom. The summed E-state index contributed by atoms with van der Waals surface area (Å²) in [7, 11) is 2.11. The van der Waals surface area contributed by atoms with E-state index in [0.717, 1.165) is 17.4 Å². The fraction of sp³-hybridized carbons (Fsp3) is 0.133. The molecule has 0 aromatic heterocycles. The average molecular weight is 221 g/mol. The quantitative estimate of drug-likeness (QED) is 0.572. The Morgan fingerprint density at radius 3 is 2.12 bits per heavy atom. The van der Waals surface area contributed by atoms with Crippen molar-refractivity contribution < 1.29 is 4.79 Å².